The van der Waals surface area contributed by atoms with Crippen molar-refractivity contribution in [1.29, 1.82) is 0 Å². The summed E-state index contributed by atoms with van der Waals surface area (Å²) in [5, 5.41) is 0. The number of amides is 2. The summed E-state index contributed by atoms with van der Waals surface area (Å²) in [6.45, 7) is 10.3. The van der Waals surface area contributed by atoms with Gasteiger partial charge in [0.15, 0.2) is 0 Å². The van der Waals surface area contributed by atoms with Crippen molar-refractivity contribution in [3.8, 4) is 0 Å². The number of nitrogens with zero attached hydrogens (tertiary/aromatic N) is 1. The molecule has 6 heteroatoms. The second kappa shape index (κ2) is 8.74. The van der Waals surface area contributed by atoms with E-state index < -0.39 is 12.0 Å². The van der Waals surface area contributed by atoms with Crippen LogP contribution in [0.3, 0.4) is 0 Å². The van der Waals surface area contributed by atoms with Crippen LogP contribution < -0.4 is 5.73 Å². The van der Waals surface area contributed by atoms with Gasteiger partial charge in [-0.25, -0.2) is 0 Å². The van der Waals surface area contributed by atoms with E-state index in [2.05, 4.69) is 20.4 Å². The number of methoxy groups -OCH3 is 2. The van der Waals surface area contributed by atoms with Crippen LogP contribution in [0.2, 0.25) is 0 Å². The van der Waals surface area contributed by atoms with Crippen molar-refractivity contribution in [2.75, 3.05) is 14.2 Å². The number of likely N-dealkylation sites (tertiary alicyclic amines) is 1. The predicted molar refractivity (Wildman–Crippen MR) is 105 cm³/mol. The van der Waals surface area contributed by atoms with E-state index in [-0.39, 0.29) is 35.1 Å². The van der Waals surface area contributed by atoms with Gasteiger partial charge in [0.2, 0.25) is 11.8 Å². The third-order valence-electron chi connectivity index (χ3n) is 6.97. The molecule has 1 saturated carbocycles. The molecule has 2 amide bonds. The van der Waals surface area contributed by atoms with Crippen LogP contribution in [0.25, 0.3) is 0 Å². The fourth-order valence-electron chi connectivity index (χ4n) is 4.89. The second-order valence-electron chi connectivity index (χ2n) is 8.31. The van der Waals surface area contributed by atoms with Crippen molar-refractivity contribution in [3.05, 3.63) is 12.2 Å². The molecule has 0 unspecified atom stereocenters. The summed E-state index contributed by atoms with van der Waals surface area (Å²) < 4.78 is 11.3. The standard InChI is InChI=1S/C21H36N2O4/c1-7-13(2)21(10-11-21)17(26-5)12-18(24)23-14(3)8-9-16(23)19(27-6)15(4)20(22)25/h13-14,16-17,19H,4,7-12H2,1-3,5-6H3,(H2,22,25)/t13-,14-,16-,17+,19+/m0/s1. The Morgan fingerprint density at radius 3 is 2.33 bits per heavy atom. The minimum absolute atomic E-state index is 0.0609. The van der Waals surface area contributed by atoms with Crippen LogP contribution in [0, 0.1) is 11.3 Å². The van der Waals surface area contributed by atoms with Gasteiger partial charge >= 0.3 is 0 Å². The highest BCUT2D eigenvalue weighted by Crippen LogP contribution is 2.57. The molecule has 0 bridgehead atoms. The first-order valence-electron chi connectivity index (χ1n) is 10.1. The molecule has 27 heavy (non-hydrogen) atoms. The van der Waals surface area contributed by atoms with E-state index in [9.17, 15) is 9.59 Å². The van der Waals surface area contributed by atoms with E-state index >= 15 is 0 Å². The Bertz CT molecular complexity index is 573. The van der Waals surface area contributed by atoms with Gasteiger partial charge in [-0.05, 0) is 43.9 Å². The molecule has 2 aliphatic rings. The first-order chi connectivity index (χ1) is 12.7. The highest BCUT2D eigenvalue weighted by Gasteiger charge is 2.54. The lowest BCUT2D eigenvalue weighted by molar-refractivity contribution is -0.141. The van der Waals surface area contributed by atoms with E-state index in [0.717, 1.165) is 32.1 Å². The Morgan fingerprint density at radius 1 is 1.26 bits per heavy atom. The third kappa shape index (κ3) is 4.21. The Hall–Kier alpha value is -1.40. The van der Waals surface area contributed by atoms with Crippen LogP contribution in [-0.4, -0.2) is 55.2 Å². The summed E-state index contributed by atoms with van der Waals surface area (Å²) in [5.41, 5.74) is 5.75. The fourth-order valence-corrected chi connectivity index (χ4v) is 4.89. The van der Waals surface area contributed by atoms with Crippen LogP contribution >= 0.6 is 0 Å². The summed E-state index contributed by atoms with van der Waals surface area (Å²) >= 11 is 0. The lowest BCUT2D eigenvalue weighted by atomic mass is 9.82. The molecule has 2 N–H and O–H groups in total. The number of nitrogens with two attached hydrogens (primary N) is 1. The van der Waals surface area contributed by atoms with Gasteiger partial charge < -0.3 is 20.1 Å². The number of hydrogen-bond acceptors (Lipinski definition) is 4. The predicted octanol–water partition coefficient (Wildman–Crippen LogP) is 2.65. The highest BCUT2D eigenvalue weighted by molar-refractivity contribution is 5.92. The number of ether oxygens (including phenoxy) is 2. The molecule has 0 aromatic heterocycles. The van der Waals surface area contributed by atoms with Crippen molar-refractivity contribution in [2.24, 2.45) is 17.1 Å². The summed E-state index contributed by atoms with van der Waals surface area (Å²) in [6.07, 6.45) is 4.68. The van der Waals surface area contributed by atoms with Gasteiger partial charge in [-0.1, -0.05) is 26.8 Å². The molecule has 0 aromatic rings. The second-order valence-corrected chi connectivity index (χ2v) is 8.31. The maximum absolute atomic E-state index is 13.3. The molecule has 154 valence electrons. The average Bonchev–Trinajstić information content (AvgIpc) is 3.36. The monoisotopic (exact) mass is 380 g/mol. The van der Waals surface area contributed by atoms with Gasteiger partial charge in [0.05, 0.1) is 18.6 Å². The minimum Gasteiger partial charge on any atom is -0.380 e. The normalized spacial score (nSPS) is 27.1. The van der Waals surface area contributed by atoms with E-state index in [4.69, 9.17) is 15.2 Å². The molecule has 1 aliphatic heterocycles. The smallest absolute Gasteiger partial charge is 0.246 e. The summed E-state index contributed by atoms with van der Waals surface area (Å²) in [5.74, 6) is 0.00596. The molecular formula is C21H36N2O4. The number of carbonyl (C=O) groups is 2. The Morgan fingerprint density at radius 2 is 1.89 bits per heavy atom. The lowest BCUT2D eigenvalue weighted by Gasteiger charge is -2.36. The van der Waals surface area contributed by atoms with E-state index in [1.54, 1.807) is 7.11 Å². The first-order valence-corrected chi connectivity index (χ1v) is 10.1. The molecule has 2 fully saturated rings. The van der Waals surface area contributed by atoms with Gasteiger partial charge in [-0.3, -0.25) is 9.59 Å². The zero-order valence-corrected chi connectivity index (χ0v) is 17.5. The summed E-state index contributed by atoms with van der Waals surface area (Å²) in [4.78, 5) is 26.8. The molecule has 1 aliphatic carbocycles. The van der Waals surface area contributed by atoms with Gasteiger partial charge in [-0.2, -0.15) is 0 Å². The molecule has 1 heterocycles. The number of hydrogen-bond donors (Lipinski definition) is 1. The molecular weight excluding hydrogens is 344 g/mol. The van der Waals surface area contributed by atoms with Crippen LogP contribution in [0.1, 0.15) is 59.3 Å². The molecule has 2 rings (SSSR count). The molecule has 0 radical (unpaired) electrons. The number of rotatable bonds is 10. The van der Waals surface area contributed by atoms with Crippen molar-refractivity contribution < 1.29 is 19.1 Å². The van der Waals surface area contributed by atoms with Crippen molar-refractivity contribution >= 4 is 11.8 Å². The van der Waals surface area contributed by atoms with Gasteiger partial charge in [0.1, 0.15) is 6.10 Å². The summed E-state index contributed by atoms with van der Waals surface area (Å²) in [6, 6.07) is -0.120. The van der Waals surface area contributed by atoms with Crippen LogP contribution in [0.4, 0.5) is 0 Å². The fraction of sp³-hybridized carbons (Fsp3) is 0.810. The molecule has 0 aromatic carbocycles. The number of carbonyl (C=O) groups excluding carboxylic acids is 2. The third-order valence-corrected chi connectivity index (χ3v) is 6.97. The molecule has 6 nitrogen and oxygen atoms in total. The van der Waals surface area contributed by atoms with E-state index in [1.807, 2.05) is 11.8 Å². The Balaban J connectivity index is 2.17. The van der Waals surface area contributed by atoms with Crippen LogP contribution in [-0.2, 0) is 19.1 Å². The van der Waals surface area contributed by atoms with Crippen molar-refractivity contribution in [3.63, 3.8) is 0 Å². The highest BCUT2D eigenvalue weighted by atomic mass is 16.5. The average molecular weight is 381 g/mol. The van der Waals surface area contributed by atoms with Gasteiger partial charge in [0, 0.05) is 25.8 Å². The largest absolute Gasteiger partial charge is 0.380 e. The van der Waals surface area contributed by atoms with E-state index in [0.29, 0.717) is 12.3 Å². The molecule has 5 atom stereocenters. The molecule has 0 spiro atoms. The minimum atomic E-state index is -0.586. The zero-order valence-electron chi connectivity index (χ0n) is 17.5. The quantitative estimate of drug-likeness (QED) is 0.591. The zero-order chi connectivity index (χ0) is 20.4. The van der Waals surface area contributed by atoms with E-state index in [1.165, 1.54) is 7.11 Å². The van der Waals surface area contributed by atoms with Crippen LogP contribution in [0.15, 0.2) is 12.2 Å². The van der Waals surface area contributed by atoms with Gasteiger partial charge in [0.25, 0.3) is 0 Å². The van der Waals surface area contributed by atoms with Crippen molar-refractivity contribution in [1.82, 2.24) is 4.90 Å². The SMILES string of the molecule is C=C(C(N)=O)[C@@H](OC)[C@@H]1CC[C@H](C)N1C(=O)C[C@@H](OC)C1([C@@H](C)CC)CC1. The first kappa shape index (κ1) is 21.9. The summed E-state index contributed by atoms with van der Waals surface area (Å²) in [7, 11) is 3.24. The lowest BCUT2D eigenvalue weighted by Crippen LogP contribution is -2.49. The topological polar surface area (TPSA) is 81.9 Å². The van der Waals surface area contributed by atoms with Crippen LogP contribution in [0.5, 0.6) is 0 Å². The Labute approximate surface area is 163 Å². The maximum atomic E-state index is 13.3. The number of primary amides is 1. The van der Waals surface area contributed by atoms with Crippen molar-refractivity contribution in [2.45, 2.75) is 83.6 Å². The Kier molecular flexibility index (Phi) is 7.09. The molecule has 1 saturated heterocycles. The van der Waals surface area contributed by atoms with Gasteiger partial charge in [-0.15, -0.1) is 0 Å². The maximum Gasteiger partial charge on any atom is 0.246 e.